The van der Waals surface area contributed by atoms with E-state index in [0.717, 1.165) is 37.3 Å². The van der Waals surface area contributed by atoms with Crippen LogP contribution in [0.15, 0.2) is 15.8 Å². The fourth-order valence-corrected chi connectivity index (χ4v) is 3.71. The number of rotatable bonds is 3. The maximum atomic E-state index is 12.5. The largest absolute Gasteiger partial charge is 0.449 e. The van der Waals surface area contributed by atoms with Crippen LogP contribution < -0.4 is 16.0 Å². The second kappa shape index (κ2) is 6.76. The Kier molecular flexibility index (Phi) is 4.68. The quantitative estimate of drug-likeness (QED) is 0.838. The van der Waals surface area contributed by atoms with E-state index in [4.69, 9.17) is 14.9 Å². The number of carbonyl (C=O) groups is 1. The average Bonchev–Trinajstić information content (AvgIpc) is 3.01. The van der Waals surface area contributed by atoms with Gasteiger partial charge in [-0.2, -0.15) is 10.2 Å². The normalized spacial score (nSPS) is 18.8. The Morgan fingerprint density at radius 1 is 1.48 bits per heavy atom. The monoisotopic (exact) mass is 346 g/mol. The molecule has 134 valence electrons. The molecule has 0 radical (unpaired) electrons. The molecule has 0 bridgehead atoms. The summed E-state index contributed by atoms with van der Waals surface area (Å²) < 4.78 is 11.0. The lowest BCUT2D eigenvalue weighted by Gasteiger charge is -2.39. The van der Waals surface area contributed by atoms with E-state index >= 15 is 0 Å². The molecule has 1 aromatic heterocycles. The highest BCUT2D eigenvalue weighted by Gasteiger charge is 2.52. The summed E-state index contributed by atoms with van der Waals surface area (Å²) in [7, 11) is 0. The third-order valence-electron chi connectivity index (χ3n) is 4.86. The molecule has 8 nitrogen and oxygen atoms in total. The van der Waals surface area contributed by atoms with Crippen molar-refractivity contribution in [2.24, 2.45) is 5.73 Å². The Labute approximate surface area is 146 Å². The highest BCUT2D eigenvalue weighted by molar-refractivity contribution is 5.92. The van der Waals surface area contributed by atoms with Crippen molar-refractivity contribution >= 4 is 12.0 Å². The number of aryl methyl sites for hydroxylation is 1. The lowest BCUT2D eigenvalue weighted by Crippen LogP contribution is -2.87. The fraction of sp³-hybridized carbons (Fsp3) is 0.588. The number of allylic oxidation sites excluding steroid dienone is 1. The van der Waals surface area contributed by atoms with Crippen LogP contribution in [0.25, 0.3) is 0 Å². The molecule has 1 aromatic rings. The molecule has 2 aliphatic rings. The molecule has 2 aliphatic heterocycles. The minimum Gasteiger partial charge on any atom is -0.449 e. The summed E-state index contributed by atoms with van der Waals surface area (Å²) in [5.41, 5.74) is 6.70. The van der Waals surface area contributed by atoms with Gasteiger partial charge in [-0.15, -0.1) is 0 Å². The highest BCUT2D eigenvalue weighted by atomic mass is 16.6. The Balaban J connectivity index is 2.20. The molecule has 0 atom stereocenters. The number of fused-ring (bicyclic) bond motifs is 2. The number of carbonyl (C=O) groups excluding carboxylic acids is 1. The molecule has 0 unspecified atom stereocenters. The fourth-order valence-electron chi connectivity index (χ4n) is 3.71. The molecule has 0 aliphatic carbocycles. The van der Waals surface area contributed by atoms with Gasteiger partial charge < -0.3 is 20.2 Å². The number of hydrogen-bond acceptors (Lipinski definition) is 6. The SMILES string of the molecule is CCCc1nc2c(o1)N(C(=O)OCC)C(N)=C(C#N)C21CC[NH2+]CC1. The van der Waals surface area contributed by atoms with Crippen LogP contribution in [0.5, 0.6) is 0 Å². The predicted molar refractivity (Wildman–Crippen MR) is 89.4 cm³/mol. The molecule has 4 N–H and O–H groups in total. The minimum absolute atomic E-state index is 0.0922. The first-order valence-corrected chi connectivity index (χ1v) is 8.78. The lowest BCUT2D eigenvalue weighted by molar-refractivity contribution is -0.665. The van der Waals surface area contributed by atoms with E-state index in [2.05, 4.69) is 16.4 Å². The zero-order valence-corrected chi connectivity index (χ0v) is 14.7. The van der Waals surface area contributed by atoms with E-state index in [0.29, 0.717) is 29.5 Å². The first kappa shape index (κ1) is 17.3. The predicted octanol–water partition coefficient (Wildman–Crippen LogP) is 0.892. The van der Waals surface area contributed by atoms with E-state index in [9.17, 15) is 10.1 Å². The van der Waals surface area contributed by atoms with Gasteiger partial charge in [-0.1, -0.05) is 6.92 Å². The van der Waals surface area contributed by atoms with Gasteiger partial charge in [0.25, 0.3) is 0 Å². The number of nitrogens with zero attached hydrogens (tertiary/aromatic N) is 3. The molecule has 3 heterocycles. The van der Waals surface area contributed by atoms with Gasteiger partial charge in [0.2, 0.25) is 5.88 Å². The summed E-state index contributed by atoms with van der Waals surface area (Å²) in [4.78, 5) is 18.3. The van der Waals surface area contributed by atoms with Crippen molar-refractivity contribution in [2.75, 3.05) is 24.6 Å². The Bertz CT molecular complexity index is 740. The minimum atomic E-state index is -0.648. The van der Waals surface area contributed by atoms with E-state index in [1.807, 2.05) is 6.92 Å². The number of oxazole rings is 1. The van der Waals surface area contributed by atoms with Crippen LogP contribution in [-0.2, 0) is 16.6 Å². The van der Waals surface area contributed by atoms with Crippen molar-refractivity contribution in [3.8, 4) is 6.07 Å². The number of quaternary nitrogens is 1. The number of ether oxygens (including phenoxy) is 1. The number of anilines is 1. The number of piperidine rings is 1. The van der Waals surface area contributed by atoms with Gasteiger partial charge in [0.05, 0.1) is 36.8 Å². The number of amides is 1. The maximum Gasteiger partial charge on any atom is 0.422 e. The van der Waals surface area contributed by atoms with E-state index in [1.54, 1.807) is 6.92 Å². The number of nitrogens with two attached hydrogens (primary N) is 2. The number of aromatic nitrogens is 1. The van der Waals surface area contributed by atoms with Gasteiger partial charge in [0, 0.05) is 19.3 Å². The Hall–Kier alpha value is -2.53. The van der Waals surface area contributed by atoms with Crippen molar-refractivity contribution in [2.45, 2.75) is 44.9 Å². The van der Waals surface area contributed by atoms with Crippen molar-refractivity contribution in [3.05, 3.63) is 23.0 Å². The van der Waals surface area contributed by atoms with Crippen molar-refractivity contribution in [3.63, 3.8) is 0 Å². The Morgan fingerprint density at radius 2 is 2.20 bits per heavy atom. The zero-order valence-electron chi connectivity index (χ0n) is 14.7. The van der Waals surface area contributed by atoms with E-state index in [1.165, 1.54) is 0 Å². The van der Waals surface area contributed by atoms with Gasteiger partial charge in [-0.3, -0.25) is 0 Å². The summed E-state index contributed by atoms with van der Waals surface area (Å²) in [6.07, 6.45) is 2.35. The van der Waals surface area contributed by atoms with Gasteiger partial charge in [0.1, 0.15) is 11.5 Å². The number of hydrogen-bond donors (Lipinski definition) is 2. The summed E-state index contributed by atoms with van der Waals surface area (Å²) in [6.45, 7) is 5.69. The van der Waals surface area contributed by atoms with Crippen LogP contribution in [-0.4, -0.2) is 30.8 Å². The van der Waals surface area contributed by atoms with Crippen LogP contribution in [0.1, 0.15) is 44.7 Å². The van der Waals surface area contributed by atoms with E-state index in [-0.39, 0.29) is 12.4 Å². The lowest BCUT2D eigenvalue weighted by atomic mass is 9.69. The molecule has 1 amide bonds. The molecule has 1 saturated heterocycles. The highest BCUT2D eigenvalue weighted by Crippen LogP contribution is 2.48. The topological polar surface area (TPSA) is 122 Å². The van der Waals surface area contributed by atoms with Crippen LogP contribution in [0, 0.1) is 11.3 Å². The van der Waals surface area contributed by atoms with Crippen LogP contribution >= 0.6 is 0 Å². The standard InChI is InChI=1S/C17H23N5O3/c1-3-5-12-21-13-15(25-12)22(16(23)24-4-2)14(19)11(10-18)17(13)6-8-20-9-7-17/h20H,3-9,19H2,1-2H3/p+1. The van der Waals surface area contributed by atoms with Gasteiger partial charge in [-0.25, -0.2) is 9.78 Å². The smallest absolute Gasteiger partial charge is 0.422 e. The first-order chi connectivity index (χ1) is 12.1. The molecule has 0 saturated carbocycles. The maximum absolute atomic E-state index is 12.5. The molecule has 1 fully saturated rings. The Morgan fingerprint density at radius 3 is 2.80 bits per heavy atom. The third-order valence-corrected chi connectivity index (χ3v) is 4.86. The van der Waals surface area contributed by atoms with Crippen LogP contribution in [0.2, 0.25) is 0 Å². The van der Waals surface area contributed by atoms with Crippen LogP contribution in [0.3, 0.4) is 0 Å². The molecule has 0 aromatic carbocycles. The van der Waals surface area contributed by atoms with Crippen molar-refractivity contribution in [1.29, 1.82) is 5.26 Å². The molecular weight excluding hydrogens is 322 g/mol. The third kappa shape index (κ3) is 2.65. The second-order valence-electron chi connectivity index (χ2n) is 6.37. The molecular formula is C17H24N5O3+. The summed E-state index contributed by atoms with van der Waals surface area (Å²) in [5, 5.41) is 12.0. The first-order valence-electron chi connectivity index (χ1n) is 8.78. The van der Waals surface area contributed by atoms with Crippen LogP contribution in [0.4, 0.5) is 10.7 Å². The van der Waals surface area contributed by atoms with Crippen molar-refractivity contribution in [1.82, 2.24) is 4.98 Å². The van der Waals surface area contributed by atoms with Gasteiger partial charge >= 0.3 is 6.09 Å². The van der Waals surface area contributed by atoms with Gasteiger partial charge in [-0.05, 0) is 13.3 Å². The summed E-state index contributed by atoms with van der Waals surface area (Å²) >= 11 is 0. The van der Waals surface area contributed by atoms with Crippen molar-refractivity contribution < 1.29 is 19.3 Å². The summed E-state index contributed by atoms with van der Waals surface area (Å²) in [6, 6.07) is 2.23. The average molecular weight is 346 g/mol. The molecule has 8 heteroatoms. The second-order valence-corrected chi connectivity index (χ2v) is 6.37. The number of nitriles is 1. The molecule has 25 heavy (non-hydrogen) atoms. The molecule has 1 spiro atoms. The van der Waals surface area contributed by atoms with Gasteiger partial charge in [0.15, 0.2) is 5.89 Å². The summed E-state index contributed by atoms with van der Waals surface area (Å²) in [5.74, 6) is 0.956. The molecule has 3 rings (SSSR count). The van der Waals surface area contributed by atoms with E-state index < -0.39 is 11.5 Å². The zero-order chi connectivity index (χ0) is 18.0.